The molecule has 0 aromatic rings. The lowest BCUT2D eigenvalue weighted by molar-refractivity contribution is 0.0508. The summed E-state index contributed by atoms with van der Waals surface area (Å²) < 4.78 is 5.08. The Morgan fingerprint density at radius 3 is 2.46 bits per heavy atom. The maximum atomic E-state index is 11.2. The minimum atomic E-state index is -0.426. The molecule has 0 aliphatic heterocycles. The van der Waals surface area contributed by atoms with Crippen LogP contribution < -0.4 is 5.32 Å². The number of carbonyl (C=O) groups is 1. The van der Waals surface area contributed by atoms with E-state index in [1.165, 1.54) is 0 Å². The van der Waals surface area contributed by atoms with Crippen LogP contribution in [0.5, 0.6) is 0 Å². The van der Waals surface area contributed by atoms with Crippen molar-refractivity contribution in [3.05, 3.63) is 0 Å². The highest BCUT2D eigenvalue weighted by atomic mass is 32.1. The Morgan fingerprint density at radius 2 is 2.08 bits per heavy atom. The summed E-state index contributed by atoms with van der Waals surface area (Å²) in [5.41, 5.74) is -0.426. The molecule has 0 aliphatic rings. The fourth-order valence-electron chi connectivity index (χ4n) is 0.775. The number of rotatable bonds is 3. The lowest BCUT2D eigenvalue weighted by Crippen LogP contribution is -2.37. The summed E-state index contributed by atoms with van der Waals surface area (Å²) in [6, 6.07) is 0.118. The average molecular weight is 205 g/mol. The predicted molar refractivity (Wildman–Crippen MR) is 57.3 cm³/mol. The van der Waals surface area contributed by atoms with Gasteiger partial charge in [0.1, 0.15) is 5.60 Å². The normalized spacial score (nSPS) is 13.6. The van der Waals surface area contributed by atoms with E-state index < -0.39 is 5.60 Å². The van der Waals surface area contributed by atoms with Crippen LogP contribution in [0.3, 0.4) is 0 Å². The second-order valence-electron chi connectivity index (χ2n) is 4.06. The first-order valence-electron chi connectivity index (χ1n) is 4.45. The van der Waals surface area contributed by atoms with Crippen LogP contribution >= 0.6 is 12.6 Å². The van der Waals surface area contributed by atoms with Gasteiger partial charge in [-0.2, -0.15) is 12.6 Å². The predicted octanol–water partition coefficient (Wildman–Crippen LogP) is 2.22. The van der Waals surface area contributed by atoms with Crippen molar-refractivity contribution in [2.75, 3.05) is 5.75 Å². The lowest BCUT2D eigenvalue weighted by atomic mass is 10.2. The Bertz CT molecular complexity index is 165. The number of nitrogens with one attached hydrogen (secondary N) is 1. The summed E-state index contributed by atoms with van der Waals surface area (Å²) in [6.45, 7) is 7.46. The Kier molecular flexibility index (Phi) is 5.21. The van der Waals surface area contributed by atoms with Crippen LogP contribution in [-0.4, -0.2) is 23.5 Å². The molecule has 0 radical (unpaired) electrons. The molecule has 0 aromatic carbocycles. The molecule has 0 bridgehead atoms. The van der Waals surface area contributed by atoms with Crippen molar-refractivity contribution < 1.29 is 9.53 Å². The number of carbonyl (C=O) groups excluding carboxylic acids is 1. The average Bonchev–Trinajstić information content (AvgIpc) is 1.81. The molecule has 1 atom stereocenters. The molecule has 13 heavy (non-hydrogen) atoms. The first-order valence-corrected chi connectivity index (χ1v) is 5.09. The number of hydrogen-bond donors (Lipinski definition) is 2. The summed E-state index contributed by atoms with van der Waals surface area (Å²) in [6.07, 6.45) is 0.490. The quantitative estimate of drug-likeness (QED) is 0.693. The zero-order chi connectivity index (χ0) is 10.5. The van der Waals surface area contributed by atoms with Crippen LogP contribution in [-0.2, 0) is 4.74 Å². The second-order valence-corrected chi connectivity index (χ2v) is 4.51. The molecule has 1 amide bonds. The van der Waals surface area contributed by atoms with Gasteiger partial charge in [-0.1, -0.05) is 0 Å². The number of thiol groups is 1. The zero-order valence-electron chi connectivity index (χ0n) is 8.76. The SMILES string of the molecule is CC(CCS)NC(=O)OC(C)(C)C. The van der Waals surface area contributed by atoms with Crippen LogP contribution in [0.2, 0.25) is 0 Å². The van der Waals surface area contributed by atoms with Gasteiger partial charge in [0, 0.05) is 6.04 Å². The first-order chi connectivity index (χ1) is 5.85. The Hall–Kier alpha value is -0.380. The van der Waals surface area contributed by atoms with Crippen LogP contribution in [0.25, 0.3) is 0 Å². The molecule has 0 aromatic heterocycles. The summed E-state index contributed by atoms with van der Waals surface area (Å²) in [5, 5.41) is 2.73. The lowest BCUT2D eigenvalue weighted by Gasteiger charge is -2.21. The van der Waals surface area contributed by atoms with Gasteiger partial charge in [-0.3, -0.25) is 0 Å². The van der Waals surface area contributed by atoms with E-state index in [1.54, 1.807) is 0 Å². The van der Waals surface area contributed by atoms with Gasteiger partial charge in [-0.05, 0) is 39.9 Å². The molecule has 78 valence electrons. The third kappa shape index (κ3) is 7.96. The molecule has 1 N–H and O–H groups in total. The van der Waals surface area contributed by atoms with Gasteiger partial charge in [0.05, 0.1) is 0 Å². The minimum absolute atomic E-state index is 0.118. The molecule has 3 nitrogen and oxygen atoms in total. The van der Waals surface area contributed by atoms with E-state index in [4.69, 9.17) is 4.74 Å². The number of amides is 1. The molecule has 1 unspecified atom stereocenters. The standard InChI is InChI=1S/C9H19NO2S/c1-7(5-6-13)10-8(11)12-9(2,3)4/h7,13H,5-6H2,1-4H3,(H,10,11). The van der Waals surface area contributed by atoms with Crippen LogP contribution in [0.4, 0.5) is 4.79 Å². The van der Waals surface area contributed by atoms with Crippen molar-refractivity contribution in [3.8, 4) is 0 Å². The topological polar surface area (TPSA) is 38.3 Å². The Morgan fingerprint density at radius 1 is 1.54 bits per heavy atom. The molecule has 0 saturated heterocycles. The van der Waals surface area contributed by atoms with Gasteiger partial charge in [0.25, 0.3) is 0 Å². The fraction of sp³-hybridized carbons (Fsp3) is 0.889. The van der Waals surface area contributed by atoms with Gasteiger partial charge in [0.15, 0.2) is 0 Å². The number of ether oxygens (including phenoxy) is 1. The van der Waals surface area contributed by atoms with Gasteiger partial charge in [0.2, 0.25) is 0 Å². The van der Waals surface area contributed by atoms with Crippen molar-refractivity contribution >= 4 is 18.7 Å². The molecule has 4 heteroatoms. The summed E-state index contributed by atoms with van der Waals surface area (Å²) in [4.78, 5) is 11.2. The van der Waals surface area contributed by atoms with Crippen LogP contribution in [0.15, 0.2) is 0 Å². The number of alkyl carbamates (subject to hydrolysis) is 1. The van der Waals surface area contributed by atoms with Crippen molar-refractivity contribution in [2.24, 2.45) is 0 Å². The maximum absolute atomic E-state index is 11.2. The smallest absolute Gasteiger partial charge is 0.407 e. The van der Waals surface area contributed by atoms with Crippen LogP contribution in [0.1, 0.15) is 34.1 Å². The largest absolute Gasteiger partial charge is 0.444 e. The maximum Gasteiger partial charge on any atom is 0.407 e. The molecular weight excluding hydrogens is 186 g/mol. The number of hydrogen-bond acceptors (Lipinski definition) is 3. The van der Waals surface area contributed by atoms with E-state index in [1.807, 2.05) is 27.7 Å². The Labute approximate surface area is 85.6 Å². The van der Waals surface area contributed by atoms with Gasteiger partial charge in [-0.15, -0.1) is 0 Å². The summed E-state index contributed by atoms with van der Waals surface area (Å²) in [5.74, 6) is 0.761. The van der Waals surface area contributed by atoms with Crippen LogP contribution in [0, 0.1) is 0 Å². The summed E-state index contributed by atoms with van der Waals surface area (Å²) >= 11 is 4.08. The highest BCUT2D eigenvalue weighted by Gasteiger charge is 2.17. The molecule has 0 aliphatic carbocycles. The van der Waals surface area contributed by atoms with Gasteiger partial charge in [-0.25, -0.2) is 4.79 Å². The molecule has 0 spiro atoms. The third-order valence-corrected chi connectivity index (χ3v) is 1.58. The van der Waals surface area contributed by atoms with Crippen molar-refractivity contribution in [1.82, 2.24) is 5.32 Å². The first kappa shape index (κ1) is 12.6. The molecule has 0 fully saturated rings. The highest BCUT2D eigenvalue weighted by molar-refractivity contribution is 7.80. The second kappa shape index (κ2) is 5.37. The van der Waals surface area contributed by atoms with E-state index in [0.717, 1.165) is 12.2 Å². The van der Waals surface area contributed by atoms with Gasteiger partial charge < -0.3 is 10.1 Å². The zero-order valence-corrected chi connectivity index (χ0v) is 9.65. The molecule has 0 rings (SSSR count). The fourth-order valence-corrected chi connectivity index (χ4v) is 1.16. The Balaban J connectivity index is 3.74. The van der Waals surface area contributed by atoms with Crippen molar-refractivity contribution in [1.29, 1.82) is 0 Å². The van der Waals surface area contributed by atoms with E-state index in [-0.39, 0.29) is 12.1 Å². The molecule has 0 heterocycles. The third-order valence-electron chi connectivity index (χ3n) is 1.33. The van der Waals surface area contributed by atoms with E-state index in [9.17, 15) is 4.79 Å². The van der Waals surface area contributed by atoms with Gasteiger partial charge >= 0.3 is 6.09 Å². The minimum Gasteiger partial charge on any atom is -0.444 e. The van der Waals surface area contributed by atoms with Crippen molar-refractivity contribution in [3.63, 3.8) is 0 Å². The molecular formula is C9H19NO2S. The highest BCUT2D eigenvalue weighted by Crippen LogP contribution is 2.07. The monoisotopic (exact) mass is 205 g/mol. The van der Waals surface area contributed by atoms with Crippen molar-refractivity contribution in [2.45, 2.75) is 45.8 Å². The van der Waals surface area contributed by atoms with E-state index in [0.29, 0.717) is 0 Å². The summed E-state index contributed by atoms with van der Waals surface area (Å²) in [7, 11) is 0. The van der Waals surface area contributed by atoms with E-state index in [2.05, 4.69) is 17.9 Å². The van der Waals surface area contributed by atoms with E-state index >= 15 is 0 Å². The molecule has 0 saturated carbocycles.